The number of para-hydroxylation sites is 2. The number of rotatable bonds is 7. The summed E-state index contributed by atoms with van der Waals surface area (Å²) in [6.07, 6.45) is 4.27. The summed E-state index contributed by atoms with van der Waals surface area (Å²) in [7, 11) is 0. The number of nitrogens with zero attached hydrogens (tertiary/aromatic N) is 2. The van der Waals surface area contributed by atoms with E-state index in [9.17, 15) is 0 Å². The number of anilines is 1. The highest BCUT2D eigenvalue weighted by molar-refractivity contribution is 5.58. The van der Waals surface area contributed by atoms with E-state index in [4.69, 9.17) is 4.74 Å². The van der Waals surface area contributed by atoms with Crippen LogP contribution in [0.5, 0.6) is 5.75 Å². The van der Waals surface area contributed by atoms with Crippen molar-refractivity contribution < 1.29 is 4.74 Å². The zero-order valence-electron chi connectivity index (χ0n) is 12.6. The van der Waals surface area contributed by atoms with Crippen LogP contribution in [0.25, 0.3) is 0 Å². The molecule has 110 valence electrons. The topological polar surface area (TPSA) is 15.7 Å². The number of unbranched alkanes of at least 4 members (excludes halogenated alkanes) is 1. The van der Waals surface area contributed by atoms with Crippen molar-refractivity contribution in [1.29, 1.82) is 0 Å². The van der Waals surface area contributed by atoms with E-state index >= 15 is 0 Å². The van der Waals surface area contributed by atoms with Gasteiger partial charge in [0.1, 0.15) is 5.75 Å². The van der Waals surface area contributed by atoms with Gasteiger partial charge in [0.15, 0.2) is 0 Å². The minimum Gasteiger partial charge on any atom is -0.491 e. The van der Waals surface area contributed by atoms with Crippen LogP contribution in [0.2, 0.25) is 0 Å². The smallest absolute Gasteiger partial charge is 0.142 e. The third-order valence-electron chi connectivity index (χ3n) is 3.72. The van der Waals surface area contributed by atoms with Crippen LogP contribution in [0.4, 0.5) is 5.69 Å². The molecule has 0 atom stereocenters. The molecule has 0 unspecified atom stereocenters. The first-order valence-electron chi connectivity index (χ1n) is 7.65. The van der Waals surface area contributed by atoms with Crippen molar-refractivity contribution in [2.24, 2.45) is 0 Å². The van der Waals surface area contributed by atoms with E-state index in [-0.39, 0.29) is 0 Å². The zero-order valence-corrected chi connectivity index (χ0v) is 12.6. The third-order valence-corrected chi connectivity index (χ3v) is 3.72. The lowest BCUT2D eigenvalue weighted by Gasteiger charge is -2.36. The van der Waals surface area contributed by atoms with Crippen molar-refractivity contribution in [3.63, 3.8) is 0 Å². The van der Waals surface area contributed by atoms with E-state index in [0.29, 0.717) is 0 Å². The lowest BCUT2D eigenvalue weighted by molar-refractivity contribution is 0.279. The highest BCUT2D eigenvalue weighted by atomic mass is 16.5. The minimum absolute atomic E-state index is 0.809. The number of benzene rings is 1. The minimum atomic E-state index is 0.809. The van der Waals surface area contributed by atoms with Gasteiger partial charge in [-0.1, -0.05) is 31.6 Å². The molecule has 1 saturated heterocycles. The maximum Gasteiger partial charge on any atom is 0.142 e. The van der Waals surface area contributed by atoms with Crippen LogP contribution < -0.4 is 9.64 Å². The van der Waals surface area contributed by atoms with E-state index in [1.807, 2.05) is 6.08 Å². The summed E-state index contributed by atoms with van der Waals surface area (Å²) in [5.41, 5.74) is 1.24. The van der Waals surface area contributed by atoms with Crippen molar-refractivity contribution in [3.8, 4) is 5.75 Å². The van der Waals surface area contributed by atoms with Gasteiger partial charge in [-0.25, -0.2) is 0 Å². The van der Waals surface area contributed by atoms with E-state index in [0.717, 1.165) is 51.5 Å². The molecule has 1 heterocycles. The molecule has 3 nitrogen and oxygen atoms in total. The molecule has 0 aromatic heterocycles. The maximum absolute atomic E-state index is 5.93. The lowest BCUT2D eigenvalue weighted by atomic mass is 10.2. The van der Waals surface area contributed by atoms with Crippen molar-refractivity contribution in [1.82, 2.24) is 4.90 Å². The van der Waals surface area contributed by atoms with Crippen LogP contribution in [-0.2, 0) is 0 Å². The molecule has 20 heavy (non-hydrogen) atoms. The molecule has 2 rings (SSSR count). The van der Waals surface area contributed by atoms with Crippen LogP contribution in [0, 0.1) is 0 Å². The standard InChI is InChI=1S/C17H26N2O/c1-3-5-15-20-17-9-7-6-8-16(17)19-13-11-18(10-4-2)12-14-19/h4,6-9H,2-3,5,10-15H2,1H3. The summed E-state index contributed by atoms with van der Waals surface area (Å²) in [5.74, 6) is 1.03. The number of hydrogen-bond donors (Lipinski definition) is 0. The Bertz CT molecular complexity index is 411. The molecule has 0 bridgehead atoms. The molecule has 0 amide bonds. The first kappa shape index (κ1) is 14.9. The van der Waals surface area contributed by atoms with Crippen LogP contribution >= 0.6 is 0 Å². The van der Waals surface area contributed by atoms with Gasteiger partial charge >= 0.3 is 0 Å². The summed E-state index contributed by atoms with van der Waals surface area (Å²) < 4.78 is 5.93. The monoisotopic (exact) mass is 274 g/mol. The van der Waals surface area contributed by atoms with Crippen LogP contribution in [-0.4, -0.2) is 44.2 Å². The molecule has 0 saturated carbocycles. The van der Waals surface area contributed by atoms with E-state index in [2.05, 4.69) is 47.6 Å². The molecular weight excluding hydrogens is 248 g/mol. The number of piperazine rings is 1. The molecule has 1 aromatic rings. The summed E-state index contributed by atoms with van der Waals surface area (Å²) in [6, 6.07) is 8.41. The van der Waals surface area contributed by atoms with Gasteiger partial charge in [0.25, 0.3) is 0 Å². The molecule has 1 fully saturated rings. The normalized spacial score (nSPS) is 16.1. The molecule has 1 aromatic carbocycles. The van der Waals surface area contributed by atoms with Gasteiger partial charge in [0.2, 0.25) is 0 Å². The highest BCUT2D eigenvalue weighted by Gasteiger charge is 2.18. The zero-order chi connectivity index (χ0) is 14.2. The second-order valence-corrected chi connectivity index (χ2v) is 5.25. The summed E-state index contributed by atoms with van der Waals surface area (Å²) in [4.78, 5) is 4.87. The Morgan fingerprint density at radius 2 is 1.95 bits per heavy atom. The maximum atomic E-state index is 5.93. The lowest BCUT2D eigenvalue weighted by Crippen LogP contribution is -2.46. The summed E-state index contributed by atoms with van der Waals surface area (Å²) in [6.45, 7) is 12.1. The molecular formula is C17H26N2O. The van der Waals surface area contributed by atoms with Gasteiger partial charge in [-0.3, -0.25) is 4.90 Å². The Balaban J connectivity index is 1.96. The van der Waals surface area contributed by atoms with Gasteiger partial charge in [-0.15, -0.1) is 6.58 Å². The van der Waals surface area contributed by atoms with E-state index < -0.39 is 0 Å². The molecule has 0 radical (unpaired) electrons. The molecule has 1 aliphatic heterocycles. The molecule has 0 aliphatic carbocycles. The summed E-state index contributed by atoms with van der Waals surface area (Å²) in [5, 5.41) is 0. The fourth-order valence-electron chi connectivity index (χ4n) is 2.52. The van der Waals surface area contributed by atoms with E-state index in [1.165, 1.54) is 12.1 Å². The predicted molar refractivity (Wildman–Crippen MR) is 85.7 cm³/mol. The molecule has 0 N–H and O–H groups in total. The van der Waals surface area contributed by atoms with Gasteiger partial charge in [0, 0.05) is 32.7 Å². The highest BCUT2D eigenvalue weighted by Crippen LogP contribution is 2.29. The van der Waals surface area contributed by atoms with Gasteiger partial charge in [0.05, 0.1) is 12.3 Å². The van der Waals surface area contributed by atoms with Crippen molar-refractivity contribution in [2.75, 3.05) is 44.2 Å². The first-order valence-corrected chi connectivity index (χ1v) is 7.65. The number of ether oxygens (including phenoxy) is 1. The Morgan fingerprint density at radius 3 is 2.65 bits per heavy atom. The Labute approximate surface area is 122 Å². The Hall–Kier alpha value is -1.48. The second-order valence-electron chi connectivity index (χ2n) is 5.25. The van der Waals surface area contributed by atoms with Gasteiger partial charge < -0.3 is 9.64 Å². The fraction of sp³-hybridized carbons (Fsp3) is 0.529. The Morgan fingerprint density at radius 1 is 1.20 bits per heavy atom. The van der Waals surface area contributed by atoms with Gasteiger partial charge in [-0.05, 0) is 18.6 Å². The molecule has 1 aliphatic rings. The number of hydrogen-bond acceptors (Lipinski definition) is 3. The first-order chi connectivity index (χ1) is 9.85. The second kappa shape index (κ2) is 7.95. The largest absolute Gasteiger partial charge is 0.491 e. The SMILES string of the molecule is C=CCN1CCN(c2ccccc2OCCCC)CC1. The van der Waals surface area contributed by atoms with Crippen LogP contribution in [0.15, 0.2) is 36.9 Å². The van der Waals surface area contributed by atoms with Crippen molar-refractivity contribution in [3.05, 3.63) is 36.9 Å². The third kappa shape index (κ3) is 4.01. The predicted octanol–water partition coefficient (Wildman–Crippen LogP) is 3.17. The van der Waals surface area contributed by atoms with Crippen molar-refractivity contribution in [2.45, 2.75) is 19.8 Å². The molecule has 0 spiro atoms. The van der Waals surface area contributed by atoms with E-state index in [1.54, 1.807) is 0 Å². The fourth-order valence-corrected chi connectivity index (χ4v) is 2.52. The Kier molecular flexibility index (Phi) is 5.93. The van der Waals surface area contributed by atoms with Crippen LogP contribution in [0.3, 0.4) is 0 Å². The van der Waals surface area contributed by atoms with Crippen molar-refractivity contribution >= 4 is 5.69 Å². The average molecular weight is 274 g/mol. The average Bonchev–Trinajstić information content (AvgIpc) is 2.49. The van der Waals surface area contributed by atoms with Gasteiger partial charge in [-0.2, -0.15) is 0 Å². The molecule has 3 heteroatoms. The summed E-state index contributed by atoms with van der Waals surface area (Å²) >= 11 is 0. The quantitative estimate of drug-likeness (QED) is 0.561. The van der Waals surface area contributed by atoms with Crippen LogP contribution in [0.1, 0.15) is 19.8 Å².